The maximum atomic E-state index is 13.3. The third kappa shape index (κ3) is 4.56. The van der Waals surface area contributed by atoms with Crippen LogP contribution in [-0.4, -0.2) is 63.8 Å². The molecule has 10 heteroatoms. The number of pyridine rings is 1. The van der Waals surface area contributed by atoms with Gasteiger partial charge >= 0.3 is 0 Å². The lowest BCUT2D eigenvalue weighted by molar-refractivity contribution is -0.133. The van der Waals surface area contributed by atoms with E-state index >= 15 is 0 Å². The molecule has 1 aromatic carbocycles. The third-order valence-corrected chi connectivity index (χ3v) is 6.86. The first kappa shape index (κ1) is 23.9. The Morgan fingerprint density at radius 2 is 2.00 bits per heavy atom. The molecule has 2 aliphatic heterocycles. The molecule has 3 aromatic rings. The number of aromatic nitrogens is 4. The molecule has 4 heterocycles. The number of amides is 2. The molecule has 0 unspecified atom stereocenters. The molecule has 5 rings (SSSR count). The summed E-state index contributed by atoms with van der Waals surface area (Å²) < 4.78 is 12.7. The van der Waals surface area contributed by atoms with Crippen LogP contribution in [0, 0.1) is 0 Å². The standard InChI is InChI=1S/C26H30N6O4/c1-16-7-8-23-29-30-25(32(16)23)20-5-4-6-22(27-20)28-26(34)19-13-18-15-31(24(33)10-12-35-2)11-9-17(18)14-21(19)36-3/h4-6,13-14,16H,7-12,15H2,1-3H3,(H,27,28,34)/t16-/m1/s1. The van der Waals surface area contributed by atoms with Crippen molar-refractivity contribution < 1.29 is 19.1 Å². The van der Waals surface area contributed by atoms with Crippen molar-refractivity contribution in [2.45, 2.75) is 45.2 Å². The normalized spacial score (nSPS) is 16.4. The zero-order chi connectivity index (χ0) is 25.2. The van der Waals surface area contributed by atoms with Crippen LogP contribution in [0.5, 0.6) is 5.75 Å². The molecule has 1 atom stereocenters. The van der Waals surface area contributed by atoms with Crippen molar-refractivity contribution in [2.75, 3.05) is 32.7 Å². The van der Waals surface area contributed by atoms with Crippen LogP contribution in [0.15, 0.2) is 30.3 Å². The average Bonchev–Trinajstić information content (AvgIpc) is 3.49. The van der Waals surface area contributed by atoms with Crippen molar-refractivity contribution in [3.05, 3.63) is 52.8 Å². The summed E-state index contributed by atoms with van der Waals surface area (Å²) in [7, 11) is 3.13. The summed E-state index contributed by atoms with van der Waals surface area (Å²) >= 11 is 0. The number of methoxy groups -OCH3 is 2. The smallest absolute Gasteiger partial charge is 0.260 e. The van der Waals surface area contributed by atoms with E-state index in [1.165, 1.54) is 0 Å². The molecular weight excluding hydrogens is 460 g/mol. The first-order valence-corrected chi connectivity index (χ1v) is 12.2. The number of nitrogens with zero attached hydrogens (tertiary/aromatic N) is 5. The lowest BCUT2D eigenvalue weighted by Gasteiger charge is -2.29. The molecule has 0 saturated carbocycles. The SMILES string of the molecule is COCCC(=O)N1CCc2cc(OC)c(C(=O)Nc3cccc(-c4nnc5n4[C@H](C)CC5)n3)cc2C1. The minimum Gasteiger partial charge on any atom is -0.496 e. The van der Waals surface area contributed by atoms with Gasteiger partial charge in [-0.2, -0.15) is 0 Å². The Bertz CT molecular complexity index is 1300. The summed E-state index contributed by atoms with van der Waals surface area (Å²) in [5, 5.41) is 11.5. The minimum atomic E-state index is -0.332. The number of fused-ring (bicyclic) bond motifs is 2. The zero-order valence-electron chi connectivity index (χ0n) is 20.8. The second-order valence-corrected chi connectivity index (χ2v) is 9.19. The number of rotatable bonds is 7. The van der Waals surface area contributed by atoms with Gasteiger partial charge in [-0.1, -0.05) is 6.07 Å². The number of hydrogen-bond donors (Lipinski definition) is 1. The highest BCUT2D eigenvalue weighted by molar-refractivity contribution is 6.06. The fourth-order valence-electron chi connectivity index (χ4n) is 4.90. The van der Waals surface area contributed by atoms with Gasteiger partial charge < -0.3 is 24.3 Å². The Hall–Kier alpha value is -3.79. The highest BCUT2D eigenvalue weighted by Gasteiger charge is 2.26. The van der Waals surface area contributed by atoms with Gasteiger partial charge in [0.25, 0.3) is 5.91 Å². The topological polar surface area (TPSA) is 111 Å². The molecule has 10 nitrogen and oxygen atoms in total. The van der Waals surface area contributed by atoms with E-state index in [2.05, 4.69) is 32.0 Å². The van der Waals surface area contributed by atoms with Gasteiger partial charge in [0.05, 0.1) is 25.7 Å². The average molecular weight is 491 g/mol. The van der Waals surface area contributed by atoms with Crippen LogP contribution in [0.2, 0.25) is 0 Å². The van der Waals surface area contributed by atoms with Gasteiger partial charge in [-0.25, -0.2) is 4.98 Å². The van der Waals surface area contributed by atoms with Crippen LogP contribution < -0.4 is 10.1 Å². The second-order valence-electron chi connectivity index (χ2n) is 9.19. The quantitative estimate of drug-likeness (QED) is 0.542. The van der Waals surface area contributed by atoms with Crippen LogP contribution in [0.25, 0.3) is 11.5 Å². The van der Waals surface area contributed by atoms with Crippen molar-refractivity contribution in [3.63, 3.8) is 0 Å². The lowest BCUT2D eigenvalue weighted by Crippen LogP contribution is -2.36. The van der Waals surface area contributed by atoms with Crippen LogP contribution in [0.1, 0.15) is 53.1 Å². The van der Waals surface area contributed by atoms with Crippen molar-refractivity contribution >= 4 is 17.6 Å². The summed E-state index contributed by atoms with van der Waals surface area (Å²) in [6, 6.07) is 9.47. The molecule has 188 valence electrons. The molecule has 0 fully saturated rings. The number of hydrogen-bond acceptors (Lipinski definition) is 7. The molecule has 0 bridgehead atoms. The van der Waals surface area contributed by atoms with Gasteiger partial charge in [-0.15, -0.1) is 10.2 Å². The lowest BCUT2D eigenvalue weighted by atomic mass is 9.96. The summed E-state index contributed by atoms with van der Waals surface area (Å²) in [6.07, 6.45) is 2.97. The van der Waals surface area contributed by atoms with Gasteiger partial charge in [0.1, 0.15) is 23.1 Å². The monoisotopic (exact) mass is 490 g/mol. The fourth-order valence-corrected chi connectivity index (χ4v) is 4.90. The summed E-state index contributed by atoms with van der Waals surface area (Å²) in [5.41, 5.74) is 3.07. The zero-order valence-corrected chi connectivity index (χ0v) is 20.8. The van der Waals surface area contributed by atoms with Crippen molar-refractivity contribution in [1.82, 2.24) is 24.6 Å². The van der Waals surface area contributed by atoms with Gasteiger partial charge in [0, 0.05) is 32.7 Å². The molecule has 2 amide bonds. The van der Waals surface area contributed by atoms with Crippen LogP contribution >= 0.6 is 0 Å². The van der Waals surface area contributed by atoms with E-state index in [0.29, 0.717) is 67.2 Å². The van der Waals surface area contributed by atoms with Gasteiger partial charge in [-0.3, -0.25) is 9.59 Å². The Kier molecular flexibility index (Phi) is 6.69. The van der Waals surface area contributed by atoms with E-state index in [4.69, 9.17) is 9.47 Å². The number of ether oxygens (including phenoxy) is 2. The number of carbonyl (C=O) groups excluding carboxylic acids is 2. The van der Waals surface area contributed by atoms with Gasteiger partial charge in [0.15, 0.2) is 5.82 Å². The predicted molar refractivity (Wildman–Crippen MR) is 133 cm³/mol. The Morgan fingerprint density at radius 3 is 2.81 bits per heavy atom. The highest BCUT2D eigenvalue weighted by atomic mass is 16.5. The molecular formula is C26H30N6O4. The summed E-state index contributed by atoms with van der Waals surface area (Å²) in [6.45, 7) is 3.61. The number of benzene rings is 1. The summed E-state index contributed by atoms with van der Waals surface area (Å²) in [4.78, 5) is 32.2. The summed E-state index contributed by atoms with van der Waals surface area (Å²) in [5.74, 6) is 2.28. The Morgan fingerprint density at radius 1 is 1.14 bits per heavy atom. The van der Waals surface area contributed by atoms with Gasteiger partial charge in [0.2, 0.25) is 5.91 Å². The van der Waals surface area contributed by atoms with E-state index < -0.39 is 0 Å². The van der Waals surface area contributed by atoms with E-state index in [-0.39, 0.29) is 11.8 Å². The molecule has 36 heavy (non-hydrogen) atoms. The third-order valence-electron chi connectivity index (χ3n) is 6.86. The first-order valence-electron chi connectivity index (χ1n) is 12.2. The Balaban J connectivity index is 1.37. The predicted octanol–water partition coefficient (Wildman–Crippen LogP) is 3.03. The molecule has 0 aliphatic carbocycles. The molecule has 0 spiro atoms. The maximum Gasteiger partial charge on any atom is 0.260 e. The largest absolute Gasteiger partial charge is 0.496 e. The molecule has 2 aliphatic rings. The van der Waals surface area contributed by atoms with E-state index in [0.717, 1.165) is 29.8 Å². The molecule has 2 aromatic heterocycles. The number of carbonyl (C=O) groups is 2. The number of anilines is 1. The minimum absolute atomic E-state index is 0.0413. The van der Waals surface area contributed by atoms with Crippen LogP contribution in [0.4, 0.5) is 5.82 Å². The number of aryl methyl sites for hydroxylation is 1. The highest BCUT2D eigenvalue weighted by Crippen LogP contribution is 2.31. The first-order chi connectivity index (χ1) is 17.5. The van der Waals surface area contributed by atoms with Crippen molar-refractivity contribution in [3.8, 4) is 17.3 Å². The van der Waals surface area contributed by atoms with Crippen molar-refractivity contribution in [1.29, 1.82) is 0 Å². The van der Waals surface area contributed by atoms with Crippen LogP contribution in [0.3, 0.4) is 0 Å². The number of nitrogens with one attached hydrogen (secondary N) is 1. The van der Waals surface area contributed by atoms with Gasteiger partial charge in [-0.05, 0) is 55.2 Å². The second kappa shape index (κ2) is 10.1. The van der Waals surface area contributed by atoms with E-state index in [9.17, 15) is 9.59 Å². The van der Waals surface area contributed by atoms with Crippen LogP contribution in [-0.2, 0) is 28.9 Å². The molecule has 0 saturated heterocycles. The maximum absolute atomic E-state index is 13.3. The van der Waals surface area contributed by atoms with E-state index in [1.54, 1.807) is 25.2 Å². The van der Waals surface area contributed by atoms with E-state index in [1.807, 2.05) is 24.3 Å². The Labute approximate surface area is 209 Å². The van der Waals surface area contributed by atoms with Crippen molar-refractivity contribution in [2.24, 2.45) is 0 Å². The molecule has 1 N–H and O–H groups in total. The fraction of sp³-hybridized carbons (Fsp3) is 0.423. The molecule has 0 radical (unpaired) electrons.